The lowest BCUT2D eigenvalue weighted by atomic mass is 9.93. The molecule has 10 aromatic rings. The third kappa shape index (κ3) is 4.95. The Morgan fingerprint density at radius 3 is 2.11 bits per heavy atom. The molecule has 248 valence electrons. The zero-order valence-corrected chi connectivity index (χ0v) is 29.4. The Bertz CT molecular complexity index is 3200. The molecule has 0 amide bonds. The van der Waals surface area contributed by atoms with Gasteiger partial charge in [-0.15, -0.1) is 11.3 Å². The van der Waals surface area contributed by atoms with Gasteiger partial charge in [-0.1, -0.05) is 133 Å². The van der Waals surface area contributed by atoms with Crippen molar-refractivity contribution in [2.45, 2.75) is 6.42 Å². The van der Waals surface area contributed by atoms with E-state index >= 15 is 0 Å². The number of aliphatic imine (C=N–C) groups is 2. The quantitative estimate of drug-likeness (QED) is 0.169. The summed E-state index contributed by atoms with van der Waals surface area (Å²) in [5.74, 6) is 0.676. The molecular weight excluding hydrogens is 665 g/mol. The zero-order valence-electron chi connectivity index (χ0n) is 28.6. The highest BCUT2D eigenvalue weighted by Gasteiger charge is 2.23. The van der Waals surface area contributed by atoms with Gasteiger partial charge in [0, 0.05) is 48.5 Å². The molecular formula is C49H30N2OS. The molecule has 3 heterocycles. The Kier molecular flexibility index (Phi) is 6.79. The van der Waals surface area contributed by atoms with Crippen LogP contribution in [0.25, 0.3) is 80.5 Å². The third-order valence-electron chi connectivity index (χ3n) is 10.6. The van der Waals surface area contributed by atoms with E-state index < -0.39 is 0 Å². The van der Waals surface area contributed by atoms with Crippen molar-refractivity contribution >= 4 is 92.2 Å². The van der Waals surface area contributed by atoms with E-state index in [4.69, 9.17) is 14.4 Å². The van der Waals surface area contributed by atoms with Crippen molar-refractivity contribution in [3.8, 4) is 11.1 Å². The standard InChI is InChI=1S/C49H30N2OS/c1-2-11-31(12-3-1)41-25-26-42(34-21-22-36-32(28-34)19-18-30-10-4-5-13-35(30)36)51-49(50-41)48-37(24-27-44-47(48)40-15-6-8-16-43(40)52-44)33-20-23-39-38-14-7-9-17-45(38)53-46(39)29-33/h1-24,26-29H,25H2. The van der Waals surface area contributed by atoms with Crippen LogP contribution in [0.4, 0.5) is 0 Å². The molecule has 0 radical (unpaired) electrons. The summed E-state index contributed by atoms with van der Waals surface area (Å²) in [6.07, 6.45) is 2.88. The van der Waals surface area contributed by atoms with E-state index in [9.17, 15) is 0 Å². The van der Waals surface area contributed by atoms with Gasteiger partial charge in [0.25, 0.3) is 0 Å². The number of para-hydroxylation sites is 1. The summed E-state index contributed by atoms with van der Waals surface area (Å²) in [7, 11) is 0. The molecule has 0 spiro atoms. The first-order chi connectivity index (χ1) is 26.2. The van der Waals surface area contributed by atoms with Crippen LogP contribution in [0.5, 0.6) is 0 Å². The van der Waals surface area contributed by atoms with Crippen molar-refractivity contribution in [1.82, 2.24) is 0 Å². The summed E-state index contributed by atoms with van der Waals surface area (Å²) >= 11 is 1.83. The summed E-state index contributed by atoms with van der Waals surface area (Å²) in [6, 6.07) is 58.3. The lowest BCUT2D eigenvalue weighted by Gasteiger charge is -2.13. The minimum Gasteiger partial charge on any atom is -0.456 e. The van der Waals surface area contributed by atoms with Crippen molar-refractivity contribution in [2.24, 2.45) is 9.98 Å². The number of allylic oxidation sites excluding steroid dienone is 1. The number of fused-ring (bicyclic) bond motifs is 9. The number of hydrogen-bond acceptors (Lipinski definition) is 4. The average molecular weight is 695 g/mol. The van der Waals surface area contributed by atoms with Crippen molar-refractivity contribution in [3.63, 3.8) is 0 Å². The maximum atomic E-state index is 6.51. The molecule has 53 heavy (non-hydrogen) atoms. The second-order valence-corrected chi connectivity index (χ2v) is 14.7. The van der Waals surface area contributed by atoms with Crippen LogP contribution >= 0.6 is 11.3 Å². The molecule has 0 unspecified atom stereocenters. The lowest BCUT2D eigenvalue weighted by Crippen LogP contribution is -2.07. The lowest BCUT2D eigenvalue weighted by molar-refractivity contribution is 0.669. The summed E-state index contributed by atoms with van der Waals surface area (Å²) < 4.78 is 9.05. The fourth-order valence-electron chi connectivity index (χ4n) is 8.01. The molecule has 3 nitrogen and oxygen atoms in total. The Morgan fingerprint density at radius 2 is 1.19 bits per heavy atom. The molecule has 0 N–H and O–H groups in total. The van der Waals surface area contributed by atoms with E-state index in [0.29, 0.717) is 12.3 Å². The van der Waals surface area contributed by atoms with Gasteiger partial charge < -0.3 is 4.42 Å². The fraction of sp³-hybridized carbons (Fsp3) is 0.0204. The summed E-state index contributed by atoms with van der Waals surface area (Å²) in [5.41, 5.74) is 8.86. The number of rotatable bonds is 4. The largest absolute Gasteiger partial charge is 0.456 e. The van der Waals surface area contributed by atoms with Gasteiger partial charge in [0.2, 0.25) is 0 Å². The summed E-state index contributed by atoms with van der Waals surface area (Å²) in [5, 5.41) is 9.56. The highest BCUT2D eigenvalue weighted by molar-refractivity contribution is 7.25. The van der Waals surface area contributed by atoms with Crippen LogP contribution in [0, 0.1) is 0 Å². The molecule has 0 saturated carbocycles. The van der Waals surface area contributed by atoms with Gasteiger partial charge in [-0.05, 0) is 74.6 Å². The molecule has 11 rings (SSSR count). The first-order valence-corrected chi connectivity index (χ1v) is 18.8. The molecule has 1 aliphatic heterocycles. The minimum absolute atomic E-state index is 0.646. The maximum absolute atomic E-state index is 6.51. The maximum Gasteiger partial charge on any atom is 0.161 e. The van der Waals surface area contributed by atoms with Crippen LogP contribution in [-0.4, -0.2) is 11.5 Å². The van der Waals surface area contributed by atoms with E-state index in [2.05, 4.69) is 158 Å². The van der Waals surface area contributed by atoms with Gasteiger partial charge in [-0.25, -0.2) is 9.98 Å². The second-order valence-electron chi connectivity index (χ2n) is 13.6. The number of nitrogens with zero attached hydrogens (tertiary/aromatic N) is 2. The monoisotopic (exact) mass is 694 g/mol. The van der Waals surface area contributed by atoms with E-state index in [1.54, 1.807) is 0 Å². The minimum atomic E-state index is 0.646. The van der Waals surface area contributed by atoms with Gasteiger partial charge in [0.05, 0.1) is 11.4 Å². The van der Waals surface area contributed by atoms with Crippen molar-refractivity contribution in [2.75, 3.05) is 0 Å². The van der Waals surface area contributed by atoms with Crippen molar-refractivity contribution < 1.29 is 4.42 Å². The zero-order chi connectivity index (χ0) is 34.9. The number of amidine groups is 1. The second kappa shape index (κ2) is 12.0. The fourth-order valence-corrected chi connectivity index (χ4v) is 9.16. The predicted octanol–water partition coefficient (Wildman–Crippen LogP) is 13.6. The summed E-state index contributed by atoms with van der Waals surface area (Å²) in [4.78, 5) is 11.0. The van der Waals surface area contributed by atoms with Gasteiger partial charge in [-0.2, -0.15) is 0 Å². The highest BCUT2D eigenvalue weighted by Crippen LogP contribution is 2.42. The van der Waals surface area contributed by atoms with E-state index in [-0.39, 0.29) is 0 Å². The van der Waals surface area contributed by atoms with Crippen molar-refractivity contribution in [1.29, 1.82) is 0 Å². The van der Waals surface area contributed by atoms with Crippen LogP contribution in [0.15, 0.2) is 184 Å². The van der Waals surface area contributed by atoms with Gasteiger partial charge in [0.15, 0.2) is 5.84 Å². The first kappa shape index (κ1) is 30.0. The molecule has 0 atom stereocenters. The molecule has 0 aliphatic carbocycles. The van der Waals surface area contributed by atoms with Crippen LogP contribution in [-0.2, 0) is 0 Å². The number of furan rings is 1. The van der Waals surface area contributed by atoms with E-state index in [0.717, 1.165) is 61.2 Å². The Morgan fingerprint density at radius 1 is 0.472 bits per heavy atom. The van der Waals surface area contributed by atoms with Crippen LogP contribution in [0.2, 0.25) is 0 Å². The highest BCUT2D eigenvalue weighted by atomic mass is 32.1. The Balaban J connectivity index is 1.18. The van der Waals surface area contributed by atoms with Crippen LogP contribution < -0.4 is 0 Å². The van der Waals surface area contributed by atoms with Gasteiger partial charge >= 0.3 is 0 Å². The van der Waals surface area contributed by atoms with Crippen LogP contribution in [0.3, 0.4) is 0 Å². The number of thiophene rings is 1. The van der Waals surface area contributed by atoms with E-state index in [1.807, 2.05) is 23.5 Å². The molecule has 1 aliphatic rings. The average Bonchev–Trinajstić information content (AvgIpc) is 3.70. The smallest absolute Gasteiger partial charge is 0.161 e. The predicted molar refractivity (Wildman–Crippen MR) is 226 cm³/mol. The molecule has 2 aromatic heterocycles. The summed E-state index contributed by atoms with van der Waals surface area (Å²) in [6.45, 7) is 0. The SMILES string of the molecule is C1=C(c2ccc3c(ccc4ccccc43)c2)N=C(c2c(-c3ccc4c(c3)sc3ccccc34)ccc3oc4ccccc4c23)N=C(c2ccccc2)C1. The number of hydrogen-bond donors (Lipinski definition) is 0. The van der Waals surface area contributed by atoms with Crippen molar-refractivity contribution in [3.05, 3.63) is 187 Å². The number of benzene rings is 8. The normalized spacial score (nSPS) is 13.5. The topological polar surface area (TPSA) is 37.9 Å². The van der Waals surface area contributed by atoms with Gasteiger partial charge in [-0.3, -0.25) is 0 Å². The molecule has 0 fully saturated rings. The van der Waals surface area contributed by atoms with Crippen LogP contribution in [0.1, 0.15) is 23.1 Å². The molecule has 0 bridgehead atoms. The van der Waals surface area contributed by atoms with E-state index in [1.165, 1.54) is 41.7 Å². The molecule has 0 saturated heterocycles. The molecule has 4 heteroatoms. The Hall–Kier alpha value is -6.62. The third-order valence-corrected chi connectivity index (χ3v) is 11.7. The molecule has 8 aromatic carbocycles. The Labute approximate surface area is 309 Å². The first-order valence-electron chi connectivity index (χ1n) is 18.0. The van der Waals surface area contributed by atoms with Gasteiger partial charge in [0.1, 0.15) is 11.2 Å².